The third-order valence-corrected chi connectivity index (χ3v) is 4.29. The zero-order valence-electron chi connectivity index (χ0n) is 12.5. The number of aliphatic hydroxyl groups is 1. The molecule has 2 aromatic rings. The molecule has 0 bridgehead atoms. The molecule has 0 atom stereocenters. The highest BCUT2D eigenvalue weighted by Crippen LogP contribution is 2.29. The Labute approximate surface area is 129 Å². The molecule has 0 aliphatic heterocycles. The van der Waals surface area contributed by atoms with Crippen molar-refractivity contribution in [2.24, 2.45) is 0 Å². The van der Waals surface area contributed by atoms with Crippen LogP contribution in [-0.4, -0.2) is 35.1 Å². The Morgan fingerprint density at radius 3 is 2.57 bits per heavy atom. The molecule has 1 N–H and O–H groups in total. The Morgan fingerprint density at radius 2 is 1.95 bits per heavy atom. The first-order chi connectivity index (χ1) is 10.1. The molecule has 0 saturated carbocycles. The van der Waals surface area contributed by atoms with E-state index in [1.54, 1.807) is 0 Å². The summed E-state index contributed by atoms with van der Waals surface area (Å²) >= 11 is 1.48. The molecular formula is C17H21NO2S. The van der Waals surface area contributed by atoms with Gasteiger partial charge in [0.2, 0.25) is 0 Å². The van der Waals surface area contributed by atoms with Crippen LogP contribution in [0.15, 0.2) is 41.8 Å². The molecule has 0 saturated heterocycles. The van der Waals surface area contributed by atoms with Crippen LogP contribution in [0, 0.1) is 0 Å². The number of carbonyl (C=O) groups is 1. The van der Waals surface area contributed by atoms with Crippen molar-refractivity contribution >= 4 is 17.2 Å². The van der Waals surface area contributed by atoms with Crippen molar-refractivity contribution in [1.29, 1.82) is 0 Å². The number of benzene rings is 1. The van der Waals surface area contributed by atoms with Gasteiger partial charge in [0.05, 0.1) is 4.88 Å². The topological polar surface area (TPSA) is 40.5 Å². The van der Waals surface area contributed by atoms with Crippen molar-refractivity contribution in [3.05, 3.63) is 46.7 Å². The van der Waals surface area contributed by atoms with Gasteiger partial charge < -0.3 is 10.0 Å². The monoisotopic (exact) mass is 303 g/mol. The fourth-order valence-electron chi connectivity index (χ4n) is 2.29. The van der Waals surface area contributed by atoms with Crippen molar-refractivity contribution in [2.75, 3.05) is 13.2 Å². The minimum absolute atomic E-state index is 0.0484. The first-order valence-corrected chi connectivity index (χ1v) is 8.08. The molecule has 0 fully saturated rings. The molecule has 1 aromatic heterocycles. The van der Waals surface area contributed by atoms with Crippen LogP contribution in [0.5, 0.6) is 0 Å². The summed E-state index contributed by atoms with van der Waals surface area (Å²) in [6, 6.07) is 12.1. The van der Waals surface area contributed by atoms with Crippen LogP contribution in [0.4, 0.5) is 0 Å². The van der Waals surface area contributed by atoms with E-state index in [1.807, 2.05) is 60.5 Å². The van der Waals surface area contributed by atoms with Gasteiger partial charge in [-0.3, -0.25) is 4.79 Å². The second-order valence-electron chi connectivity index (χ2n) is 5.20. The van der Waals surface area contributed by atoms with Gasteiger partial charge in [-0.05, 0) is 37.3 Å². The molecule has 3 nitrogen and oxygen atoms in total. The van der Waals surface area contributed by atoms with Gasteiger partial charge >= 0.3 is 0 Å². The standard InChI is InChI=1S/C17H21NO2S/c1-13(2)18(10-6-11-19)17(20)16-15(9-12-21-16)14-7-4-3-5-8-14/h3-5,7-9,12-13,19H,6,10-11H2,1-2H3. The number of thiophene rings is 1. The molecule has 0 spiro atoms. The molecule has 0 aliphatic carbocycles. The molecule has 2 rings (SSSR count). The van der Waals surface area contributed by atoms with Crippen molar-refractivity contribution < 1.29 is 9.90 Å². The molecule has 4 heteroatoms. The van der Waals surface area contributed by atoms with Gasteiger partial charge in [-0.2, -0.15) is 0 Å². The van der Waals surface area contributed by atoms with Crippen molar-refractivity contribution in [3.8, 4) is 11.1 Å². The minimum Gasteiger partial charge on any atom is -0.396 e. The molecule has 1 amide bonds. The van der Waals surface area contributed by atoms with Crippen molar-refractivity contribution in [3.63, 3.8) is 0 Å². The number of carbonyl (C=O) groups excluding carboxylic acids is 1. The van der Waals surface area contributed by atoms with Gasteiger partial charge in [-0.25, -0.2) is 0 Å². The number of hydrogen-bond acceptors (Lipinski definition) is 3. The molecule has 1 heterocycles. The first-order valence-electron chi connectivity index (χ1n) is 7.20. The van der Waals surface area contributed by atoms with E-state index in [2.05, 4.69) is 0 Å². The maximum atomic E-state index is 12.8. The summed E-state index contributed by atoms with van der Waals surface area (Å²) < 4.78 is 0. The third-order valence-electron chi connectivity index (χ3n) is 3.39. The van der Waals surface area contributed by atoms with Crippen LogP contribution < -0.4 is 0 Å². The van der Waals surface area contributed by atoms with E-state index in [0.29, 0.717) is 13.0 Å². The van der Waals surface area contributed by atoms with Gasteiger partial charge in [0.1, 0.15) is 0 Å². The lowest BCUT2D eigenvalue weighted by Gasteiger charge is -2.26. The maximum Gasteiger partial charge on any atom is 0.264 e. The van der Waals surface area contributed by atoms with Gasteiger partial charge in [0, 0.05) is 24.8 Å². The van der Waals surface area contributed by atoms with Crippen LogP contribution in [0.2, 0.25) is 0 Å². The Bertz CT molecular complexity index is 577. The summed E-state index contributed by atoms with van der Waals surface area (Å²) in [5, 5.41) is 11.0. The Kier molecular flexibility index (Phi) is 5.53. The van der Waals surface area contributed by atoms with E-state index in [4.69, 9.17) is 5.11 Å². The first kappa shape index (κ1) is 15.7. The average Bonchev–Trinajstić information content (AvgIpc) is 2.97. The number of aliphatic hydroxyl groups excluding tert-OH is 1. The molecule has 0 unspecified atom stereocenters. The molecular weight excluding hydrogens is 282 g/mol. The lowest BCUT2D eigenvalue weighted by Crippen LogP contribution is -2.37. The van der Waals surface area contributed by atoms with Gasteiger partial charge in [-0.15, -0.1) is 11.3 Å². The second kappa shape index (κ2) is 7.38. The average molecular weight is 303 g/mol. The van der Waals surface area contributed by atoms with E-state index >= 15 is 0 Å². The van der Waals surface area contributed by atoms with Crippen LogP contribution in [0.3, 0.4) is 0 Å². The molecule has 112 valence electrons. The fourth-order valence-corrected chi connectivity index (χ4v) is 3.16. The summed E-state index contributed by atoms with van der Waals surface area (Å²) in [5.74, 6) is 0.0484. The lowest BCUT2D eigenvalue weighted by molar-refractivity contribution is 0.0699. The van der Waals surface area contributed by atoms with E-state index in [9.17, 15) is 4.79 Å². The Hall–Kier alpha value is -1.65. The largest absolute Gasteiger partial charge is 0.396 e. The van der Waals surface area contributed by atoms with Crippen LogP contribution in [-0.2, 0) is 0 Å². The van der Waals surface area contributed by atoms with E-state index < -0.39 is 0 Å². The lowest BCUT2D eigenvalue weighted by atomic mass is 10.1. The summed E-state index contributed by atoms with van der Waals surface area (Å²) in [5.41, 5.74) is 2.05. The minimum atomic E-state index is 0.0484. The number of hydrogen-bond donors (Lipinski definition) is 1. The van der Waals surface area contributed by atoms with E-state index in [0.717, 1.165) is 16.0 Å². The van der Waals surface area contributed by atoms with Crippen LogP contribution >= 0.6 is 11.3 Å². The van der Waals surface area contributed by atoms with Gasteiger partial charge in [-0.1, -0.05) is 30.3 Å². The second-order valence-corrected chi connectivity index (χ2v) is 6.11. The van der Waals surface area contributed by atoms with Gasteiger partial charge in [0.15, 0.2) is 0 Å². The molecule has 0 aliphatic rings. The smallest absolute Gasteiger partial charge is 0.264 e. The third kappa shape index (κ3) is 3.71. The normalized spacial score (nSPS) is 10.9. The number of nitrogens with zero attached hydrogens (tertiary/aromatic N) is 1. The Morgan fingerprint density at radius 1 is 1.24 bits per heavy atom. The predicted octanol–water partition coefficient (Wildman–Crippen LogP) is 3.65. The van der Waals surface area contributed by atoms with Crippen LogP contribution in [0.25, 0.3) is 11.1 Å². The summed E-state index contributed by atoms with van der Waals surface area (Å²) in [6.45, 7) is 4.70. The van der Waals surface area contributed by atoms with Gasteiger partial charge in [0.25, 0.3) is 5.91 Å². The zero-order valence-corrected chi connectivity index (χ0v) is 13.3. The van der Waals surface area contributed by atoms with Crippen LogP contribution in [0.1, 0.15) is 29.9 Å². The SMILES string of the molecule is CC(C)N(CCCO)C(=O)c1sccc1-c1ccccc1. The molecule has 1 aromatic carbocycles. The van der Waals surface area contributed by atoms with Crippen molar-refractivity contribution in [1.82, 2.24) is 4.90 Å². The number of rotatable bonds is 6. The summed E-state index contributed by atoms with van der Waals surface area (Å²) in [4.78, 5) is 15.4. The fraction of sp³-hybridized carbons (Fsp3) is 0.353. The molecule has 21 heavy (non-hydrogen) atoms. The Balaban J connectivity index is 2.29. The summed E-state index contributed by atoms with van der Waals surface area (Å²) in [6.07, 6.45) is 0.607. The maximum absolute atomic E-state index is 12.8. The van der Waals surface area contributed by atoms with Crippen molar-refractivity contribution in [2.45, 2.75) is 26.3 Å². The highest BCUT2D eigenvalue weighted by molar-refractivity contribution is 7.12. The molecule has 0 radical (unpaired) electrons. The highest BCUT2D eigenvalue weighted by atomic mass is 32.1. The van der Waals surface area contributed by atoms with E-state index in [-0.39, 0.29) is 18.6 Å². The number of amides is 1. The predicted molar refractivity (Wildman–Crippen MR) is 87.6 cm³/mol. The summed E-state index contributed by atoms with van der Waals surface area (Å²) in [7, 11) is 0. The zero-order chi connectivity index (χ0) is 15.2. The quantitative estimate of drug-likeness (QED) is 0.885. The highest BCUT2D eigenvalue weighted by Gasteiger charge is 2.22. The van der Waals surface area contributed by atoms with E-state index in [1.165, 1.54) is 11.3 Å².